The van der Waals surface area contributed by atoms with Gasteiger partial charge in [0.1, 0.15) is 11.5 Å². The Morgan fingerprint density at radius 1 is 1.24 bits per heavy atom. The number of non-ortho nitro benzene ring substituents is 1. The first-order valence-electron chi connectivity index (χ1n) is 6.52. The van der Waals surface area contributed by atoms with Gasteiger partial charge in [0, 0.05) is 18.2 Å². The average Bonchev–Trinajstić information content (AvgIpc) is 2.48. The van der Waals surface area contributed by atoms with Crippen LogP contribution >= 0.6 is 15.9 Å². The number of nitrogens with one attached hydrogen (secondary N) is 1. The van der Waals surface area contributed by atoms with E-state index >= 15 is 0 Å². The van der Waals surface area contributed by atoms with Gasteiger partial charge in [0.15, 0.2) is 0 Å². The summed E-state index contributed by atoms with van der Waals surface area (Å²) in [4.78, 5) is 10.4. The predicted octanol–water partition coefficient (Wildman–Crippen LogP) is 4.26. The summed E-state index contributed by atoms with van der Waals surface area (Å²) < 4.78 is 6.51. The summed E-state index contributed by atoms with van der Waals surface area (Å²) in [6.45, 7) is 3.56. The molecule has 0 saturated carbocycles. The Morgan fingerprint density at radius 2 is 2.00 bits per heavy atom. The summed E-state index contributed by atoms with van der Waals surface area (Å²) in [6, 6.07) is 12.1. The lowest BCUT2D eigenvalue weighted by Gasteiger charge is -2.12. The maximum atomic E-state index is 10.8. The summed E-state index contributed by atoms with van der Waals surface area (Å²) in [5.74, 6) is 1.10. The second kappa shape index (κ2) is 7.19. The highest BCUT2D eigenvalue weighted by Crippen LogP contribution is 2.34. The van der Waals surface area contributed by atoms with Gasteiger partial charge in [0.2, 0.25) is 0 Å². The molecule has 0 fully saturated rings. The number of nitro groups is 1. The lowest BCUT2D eigenvalue weighted by atomic mass is 10.2. The molecule has 0 aromatic heterocycles. The van der Waals surface area contributed by atoms with Crippen molar-refractivity contribution in [1.29, 1.82) is 0 Å². The van der Waals surface area contributed by atoms with Crippen molar-refractivity contribution in [3.05, 3.63) is 62.6 Å². The van der Waals surface area contributed by atoms with Crippen molar-refractivity contribution < 1.29 is 9.66 Å². The average molecular weight is 351 g/mol. The summed E-state index contributed by atoms with van der Waals surface area (Å²) in [5.41, 5.74) is 0.995. The minimum atomic E-state index is -0.441. The molecule has 2 aromatic rings. The topological polar surface area (TPSA) is 64.4 Å². The third-order valence-electron chi connectivity index (χ3n) is 2.88. The third kappa shape index (κ3) is 4.03. The summed E-state index contributed by atoms with van der Waals surface area (Å²) in [5, 5.41) is 14.1. The molecule has 0 unspecified atom stereocenters. The molecular weight excluding hydrogens is 336 g/mol. The number of para-hydroxylation sites is 1. The fourth-order valence-electron chi connectivity index (χ4n) is 1.81. The zero-order valence-corrected chi connectivity index (χ0v) is 13.1. The minimum Gasteiger partial charge on any atom is -0.456 e. The first-order valence-corrected chi connectivity index (χ1v) is 7.31. The number of nitrogens with zero attached hydrogens (tertiary/aromatic N) is 1. The SMILES string of the molecule is CCNCc1ccccc1Oc1cc([N+](=O)[O-])ccc1Br. The molecule has 0 saturated heterocycles. The molecule has 0 bridgehead atoms. The van der Waals surface area contributed by atoms with E-state index in [4.69, 9.17) is 4.74 Å². The Hall–Kier alpha value is -1.92. The molecule has 5 nitrogen and oxygen atoms in total. The highest BCUT2D eigenvalue weighted by molar-refractivity contribution is 9.10. The smallest absolute Gasteiger partial charge is 0.273 e. The number of hydrogen-bond donors (Lipinski definition) is 1. The number of benzene rings is 2. The van der Waals surface area contributed by atoms with Gasteiger partial charge in [-0.3, -0.25) is 10.1 Å². The number of hydrogen-bond acceptors (Lipinski definition) is 4. The van der Waals surface area contributed by atoms with Gasteiger partial charge in [0.25, 0.3) is 5.69 Å². The zero-order valence-electron chi connectivity index (χ0n) is 11.5. The van der Waals surface area contributed by atoms with Crippen molar-refractivity contribution in [2.45, 2.75) is 13.5 Å². The molecule has 1 N–H and O–H groups in total. The Labute approximate surface area is 131 Å². The maximum Gasteiger partial charge on any atom is 0.273 e. The van der Waals surface area contributed by atoms with Crippen LogP contribution in [0.1, 0.15) is 12.5 Å². The monoisotopic (exact) mass is 350 g/mol. The van der Waals surface area contributed by atoms with Crippen LogP contribution in [-0.4, -0.2) is 11.5 Å². The minimum absolute atomic E-state index is 0.00244. The van der Waals surface area contributed by atoms with Crippen molar-refractivity contribution in [2.75, 3.05) is 6.54 Å². The molecule has 0 atom stereocenters. The summed E-state index contributed by atoms with van der Waals surface area (Å²) in [7, 11) is 0. The lowest BCUT2D eigenvalue weighted by Crippen LogP contribution is -2.12. The van der Waals surface area contributed by atoms with Gasteiger partial charge in [-0.1, -0.05) is 25.1 Å². The highest BCUT2D eigenvalue weighted by atomic mass is 79.9. The number of rotatable bonds is 6. The Kier molecular flexibility index (Phi) is 5.30. The van der Waals surface area contributed by atoms with E-state index in [9.17, 15) is 10.1 Å². The molecule has 0 amide bonds. The van der Waals surface area contributed by atoms with E-state index in [-0.39, 0.29) is 5.69 Å². The van der Waals surface area contributed by atoms with E-state index in [1.54, 1.807) is 6.07 Å². The van der Waals surface area contributed by atoms with Gasteiger partial charge in [0.05, 0.1) is 15.5 Å². The van der Waals surface area contributed by atoms with E-state index in [0.717, 1.165) is 12.1 Å². The summed E-state index contributed by atoms with van der Waals surface area (Å²) in [6.07, 6.45) is 0. The summed E-state index contributed by atoms with van der Waals surface area (Å²) >= 11 is 3.35. The fourth-order valence-corrected chi connectivity index (χ4v) is 2.14. The highest BCUT2D eigenvalue weighted by Gasteiger charge is 2.12. The number of nitro benzene ring substituents is 1. The Bertz CT molecular complexity index is 647. The molecule has 0 heterocycles. The molecule has 0 spiro atoms. The van der Waals surface area contributed by atoms with Crippen LogP contribution in [0.4, 0.5) is 5.69 Å². The van der Waals surface area contributed by atoms with Crippen molar-refractivity contribution in [3.63, 3.8) is 0 Å². The second-order valence-electron chi connectivity index (χ2n) is 4.36. The van der Waals surface area contributed by atoms with Gasteiger partial charge in [-0.2, -0.15) is 0 Å². The third-order valence-corrected chi connectivity index (χ3v) is 3.54. The lowest BCUT2D eigenvalue weighted by molar-refractivity contribution is -0.384. The predicted molar refractivity (Wildman–Crippen MR) is 84.7 cm³/mol. The van der Waals surface area contributed by atoms with Crippen LogP contribution in [-0.2, 0) is 6.54 Å². The molecule has 0 aliphatic carbocycles. The van der Waals surface area contributed by atoms with Crippen molar-refractivity contribution >= 4 is 21.6 Å². The van der Waals surface area contributed by atoms with Gasteiger partial charge in [-0.15, -0.1) is 0 Å². The molecule has 2 rings (SSSR count). The van der Waals surface area contributed by atoms with Crippen molar-refractivity contribution in [2.24, 2.45) is 0 Å². The molecule has 21 heavy (non-hydrogen) atoms. The van der Waals surface area contributed by atoms with Crippen LogP contribution in [0.15, 0.2) is 46.9 Å². The van der Waals surface area contributed by atoms with E-state index < -0.39 is 4.92 Å². The molecule has 0 aliphatic rings. The number of halogens is 1. The van der Waals surface area contributed by atoms with Gasteiger partial charge >= 0.3 is 0 Å². The van der Waals surface area contributed by atoms with E-state index in [0.29, 0.717) is 22.5 Å². The zero-order chi connectivity index (χ0) is 15.2. The normalized spacial score (nSPS) is 10.4. The standard InChI is InChI=1S/C15H15BrN2O3/c1-2-17-10-11-5-3-4-6-14(11)21-15-9-12(18(19)20)7-8-13(15)16/h3-9,17H,2,10H2,1H3. The molecular formula is C15H15BrN2O3. The quantitative estimate of drug-likeness (QED) is 0.624. The Balaban J connectivity index is 2.29. The molecule has 110 valence electrons. The van der Waals surface area contributed by atoms with Crippen LogP contribution in [0.5, 0.6) is 11.5 Å². The molecule has 0 radical (unpaired) electrons. The number of ether oxygens (including phenoxy) is 1. The maximum absolute atomic E-state index is 10.8. The van der Waals surface area contributed by atoms with Crippen LogP contribution in [0.25, 0.3) is 0 Å². The van der Waals surface area contributed by atoms with Crippen molar-refractivity contribution in [1.82, 2.24) is 5.32 Å². The van der Waals surface area contributed by atoms with Crippen molar-refractivity contribution in [3.8, 4) is 11.5 Å². The van der Waals surface area contributed by atoms with Crippen LogP contribution in [0, 0.1) is 10.1 Å². The van der Waals surface area contributed by atoms with E-state index in [1.165, 1.54) is 12.1 Å². The first-order chi connectivity index (χ1) is 10.1. The van der Waals surface area contributed by atoms with Crippen LogP contribution in [0.3, 0.4) is 0 Å². The molecule has 6 heteroatoms. The molecule has 0 aliphatic heterocycles. The molecule has 2 aromatic carbocycles. The van der Waals surface area contributed by atoms with E-state index in [2.05, 4.69) is 21.2 Å². The Morgan fingerprint density at radius 3 is 2.71 bits per heavy atom. The van der Waals surface area contributed by atoms with Crippen LogP contribution in [0.2, 0.25) is 0 Å². The van der Waals surface area contributed by atoms with Crippen LogP contribution < -0.4 is 10.1 Å². The van der Waals surface area contributed by atoms with E-state index in [1.807, 2.05) is 31.2 Å². The van der Waals surface area contributed by atoms with Gasteiger partial charge in [-0.05, 0) is 34.6 Å². The first kappa shape index (κ1) is 15.5. The van der Waals surface area contributed by atoms with Gasteiger partial charge in [-0.25, -0.2) is 0 Å². The van der Waals surface area contributed by atoms with Gasteiger partial charge < -0.3 is 10.1 Å². The largest absolute Gasteiger partial charge is 0.456 e. The fraction of sp³-hybridized carbons (Fsp3) is 0.200. The second-order valence-corrected chi connectivity index (χ2v) is 5.22.